The predicted octanol–water partition coefficient (Wildman–Crippen LogP) is 4.83. The van der Waals surface area contributed by atoms with Crippen LogP contribution in [0.2, 0.25) is 0 Å². The number of nitrogens with one attached hydrogen (secondary N) is 1. The number of aryl methyl sites for hydroxylation is 2. The monoisotopic (exact) mass is 587 g/mol. The van der Waals surface area contributed by atoms with Crippen LogP contribution < -0.4 is 16.0 Å². The smallest absolute Gasteiger partial charge is 0.318 e. The molecular weight excluding hydrogens is 538 g/mol. The number of benzene rings is 1. The summed E-state index contributed by atoms with van der Waals surface area (Å²) >= 11 is 0. The Labute approximate surface area is 246 Å². The van der Waals surface area contributed by atoms with E-state index < -0.39 is 21.6 Å². The van der Waals surface area contributed by atoms with Gasteiger partial charge in [0.25, 0.3) is 5.91 Å². The zero-order valence-corrected chi connectivity index (χ0v) is 26.2. The Hall–Kier alpha value is -2.46. The Morgan fingerprint density at radius 1 is 1.15 bits per heavy atom. The van der Waals surface area contributed by atoms with Crippen LogP contribution in [-0.4, -0.2) is 61.9 Å². The second-order valence-corrected chi connectivity index (χ2v) is 14.6. The minimum absolute atomic E-state index is 0.00484. The highest BCUT2D eigenvalue weighted by atomic mass is 32.2. The molecule has 2 atom stereocenters. The van der Waals surface area contributed by atoms with Gasteiger partial charge >= 0.3 is 6.03 Å². The molecule has 1 saturated heterocycles. The number of piperidine rings is 1. The number of unbranched alkanes of at least 4 members (excludes halogenated alkanes) is 3. The molecule has 0 radical (unpaired) electrons. The third kappa shape index (κ3) is 7.31. The van der Waals surface area contributed by atoms with Crippen molar-refractivity contribution in [3.63, 3.8) is 0 Å². The predicted molar refractivity (Wildman–Crippen MR) is 165 cm³/mol. The number of aliphatic imine (C=N–C) groups is 1. The molecule has 0 aromatic heterocycles. The second-order valence-electron chi connectivity index (χ2n) is 12.5. The Kier molecular flexibility index (Phi) is 10.2. The van der Waals surface area contributed by atoms with Crippen molar-refractivity contribution in [2.45, 2.75) is 103 Å². The molecule has 0 unspecified atom stereocenters. The SMILES string of the molecule is CCCCCC[C@@H]1CCC[C@H](C2=NC3(CCN(S(=O)(=O)CCc4c(C)cc(N(C)C(N)=O)cc4C)CC3)C(=O)N2)C1. The van der Waals surface area contributed by atoms with E-state index in [4.69, 9.17) is 10.7 Å². The van der Waals surface area contributed by atoms with E-state index >= 15 is 0 Å². The molecule has 0 bridgehead atoms. The summed E-state index contributed by atoms with van der Waals surface area (Å²) in [5.41, 5.74) is 8.07. The van der Waals surface area contributed by atoms with Crippen molar-refractivity contribution < 1.29 is 18.0 Å². The van der Waals surface area contributed by atoms with Crippen molar-refractivity contribution in [1.29, 1.82) is 0 Å². The van der Waals surface area contributed by atoms with Gasteiger partial charge in [-0.1, -0.05) is 51.9 Å². The van der Waals surface area contributed by atoms with Gasteiger partial charge in [-0.25, -0.2) is 17.5 Å². The van der Waals surface area contributed by atoms with Gasteiger partial charge < -0.3 is 11.1 Å². The molecule has 228 valence electrons. The molecule has 4 rings (SSSR count). The topological polar surface area (TPSA) is 125 Å². The second kappa shape index (κ2) is 13.2. The van der Waals surface area contributed by atoms with Crippen molar-refractivity contribution in [1.82, 2.24) is 9.62 Å². The van der Waals surface area contributed by atoms with E-state index in [1.807, 2.05) is 26.0 Å². The summed E-state index contributed by atoms with van der Waals surface area (Å²) in [4.78, 5) is 31.1. The van der Waals surface area contributed by atoms with Gasteiger partial charge in [0, 0.05) is 31.7 Å². The van der Waals surface area contributed by atoms with Gasteiger partial charge in [-0.3, -0.25) is 14.7 Å². The average molecular weight is 588 g/mol. The maximum absolute atomic E-state index is 13.3. The van der Waals surface area contributed by atoms with E-state index in [2.05, 4.69) is 12.2 Å². The molecule has 2 fully saturated rings. The first-order valence-corrected chi connectivity index (χ1v) is 17.1. The molecule has 1 saturated carbocycles. The number of anilines is 1. The summed E-state index contributed by atoms with van der Waals surface area (Å²) < 4.78 is 28.2. The zero-order valence-electron chi connectivity index (χ0n) is 25.4. The van der Waals surface area contributed by atoms with Gasteiger partial charge in [-0.15, -0.1) is 0 Å². The van der Waals surface area contributed by atoms with Gasteiger partial charge in [0.1, 0.15) is 11.4 Å². The Morgan fingerprint density at radius 2 is 1.83 bits per heavy atom. The third-order valence-corrected chi connectivity index (χ3v) is 11.5. The number of hydrogen-bond donors (Lipinski definition) is 2. The molecule has 2 aliphatic heterocycles. The van der Waals surface area contributed by atoms with Crippen LogP contribution in [0.5, 0.6) is 0 Å². The van der Waals surface area contributed by atoms with Crippen LogP contribution in [0.25, 0.3) is 0 Å². The number of hydrogen-bond acceptors (Lipinski definition) is 5. The average Bonchev–Trinajstić information content (AvgIpc) is 3.25. The lowest BCUT2D eigenvalue weighted by Crippen LogP contribution is -2.51. The Morgan fingerprint density at radius 3 is 2.46 bits per heavy atom. The third-order valence-electron chi connectivity index (χ3n) is 9.59. The summed E-state index contributed by atoms with van der Waals surface area (Å²) in [6, 6.07) is 3.18. The van der Waals surface area contributed by atoms with E-state index in [0.717, 1.165) is 35.4 Å². The van der Waals surface area contributed by atoms with E-state index in [0.29, 0.717) is 49.9 Å². The number of amides is 3. The lowest BCUT2D eigenvalue weighted by molar-refractivity contribution is -0.125. The fraction of sp³-hybridized carbons (Fsp3) is 0.710. The van der Waals surface area contributed by atoms with Crippen LogP contribution in [0, 0.1) is 25.7 Å². The summed E-state index contributed by atoms with van der Waals surface area (Å²) in [6.07, 6.45) is 12.2. The normalized spacial score (nSPS) is 22.9. The number of nitrogens with zero attached hydrogens (tertiary/aromatic N) is 3. The molecule has 1 spiro atoms. The van der Waals surface area contributed by atoms with Crippen LogP contribution in [0.4, 0.5) is 10.5 Å². The van der Waals surface area contributed by atoms with E-state index in [-0.39, 0.29) is 11.7 Å². The molecule has 3 N–H and O–H groups in total. The number of rotatable bonds is 11. The molecule has 3 amide bonds. The summed E-state index contributed by atoms with van der Waals surface area (Å²) in [6.45, 7) is 6.69. The van der Waals surface area contributed by atoms with Gasteiger partial charge in [-0.05, 0) is 80.7 Å². The number of carbonyl (C=O) groups is 2. The first kappa shape index (κ1) is 31.5. The lowest BCUT2D eigenvalue weighted by atomic mass is 9.78. The Bertz CT molecular complexity index is 1230. The van der Waals surface area contributed by atoms with Crippen molar-refractivity contribution >= 4 is 33.5 Å². The summed E-state index contributed by atoms with van der Waals surface area (Å²) in [5, 5.41) is 3.12. The highest BCUT2D eigenvalue weighted by Crippen LogP contribution is 2.37. The summed E-state index contributed by atoms with van der Waals surface area (Å²) in [7, 11) is -1.89. The number of amidine groups is 1. The largest absolute Gasteiger partial charge is 0.351 e. The molecule has 1 aromatic carbocycles. The first-order valence-electron chi connectivity index (χ1n) is 15.5. The first-order chi connectivity index (χ1) is 19.5. The minimum Gasteiger partial charge on any atom is -0.351 e. The number of primary amides is 1. The molecular formula is C31H49N5O4S. The van der Waals surface area contributed by atoms with Crippen molar-refractivity contribution in [3.05, 3.63) is 28.8 Å². The van der Waals surface area contributed by atoms with Crippen LogP contribution in [0.3, 0.4) is 0 Å². The quantitative estimate of drug-likeness (QED) is 0.360. The zero-order chi connectivity index (χ0) is 29.8. The number of urea groups is 1. The fourth-order valence-electron chi connectivity index (χ4n) is 6.92. The minimum atomic E-state index is -3.50. The van der Waals surface area contributed by atoms with Gasteiger partial charge in [-0.2, -0.15) is 0 Å². The van der Waals surface area contributed by atoms with Gasteiger partial charge in [0.05, 0.1) is 5.75 Å². The molecule has 9 nitrogen and oxygen atoms in total. The number of sulfonamides is 1. The summed E-state index contributed by atoms with van der Waals surface area (Å²) in [5.74, 6) is 1.81. The van der Waals surface area contributed by atoms with Crippen molar-refractivity contribution in [3.8, 4) is 0 Å². The molecule has 3 aliphatic rings. The van der Waals surface area contributed by atoms with Crippen molar-refractivity contribution in [2.24, 2.45) is 22.6 Å². The number of carbonyl (C=O) groups excluding carboxylic acids is 2. The fourth-order valence-corrected chi connectivity index (χ4v) is 8.37. The van der Waals surface area contributed by atoms with Crippen LogP contribution in [0.15, 0.2) is 17.1 Å². The standard InChI is InChI=1S/C31H49N5O4S/c1-5-6-7-8-10-24-11-9-12-25(21-24)28-33-29(37)31(34-28)14-16-36(17-15-31)41(39,40)18-13-27-22(2)19-26(20-23(27)3)35(4)30(32)38/h19-20,24-25H,5-18,21H2,1-4H3,(H2,32,38)(H,33,34,37)/t24-,25+/m1/s1. The maximum Gasteiger partial charge on any atom is 0.318 e. The highest BCUT2D eigenvalue weighted by Gasteiger charge is 2.48. The van der Waals surface area contributed by atoms with E-state index in [1.54, 1.807) is 7.05 Å². The molecule has 2 heterocycles. The lowest BCUT2D eigenvalue weighted by Gasteiger charge is -2.35. The van der Waals surface area contributed by atoms with Gasteiger partial charge in [0.2, 0.25) is 10.0 Å². The molecule has 10 heteroatoms. The van der Waals surface area contributed by atoms with Gasteiger partial charge in [0.15, 0.2) is 0 Å². The highest BCUT2D eigenvalue weighted by molar-refractivity contribution is 7.89. The molecule has 1 aliphatic carbocycles. The molecule has 41 heavy (non-hydrogen) atoms. The van der Waals surface area contributed by atoms with Crippen LogP contribution >= 0.6 is 0 Å². The van der Waals surface area contributed by atoms with Crippen LogP contribution in [-0.2, 0) is 21.2 Å². The molecule has 1 aromatic rings. The van der Waals surface area contributed by atoms with Crippen LogP contribution in [0.1, 0.15) is 94.2 Å². The van der Waals surface area contributed by atoms with E-state index in [9.17, 15) is 18.0 Å². The van der Waals surface area contributed by atoms with Crippen molar-refractivity contribution in [2.75, 3.05) is 30.8 Å². The number of nitrogens with two attached hydrogens (primary N) is 1. The Balaban J connectivity index is 1.34. The van der Waals surface area contributed by atoms with E-state index in [1.165, 1.54) is 54.2 Å². The maximum atomic E-state index is 13.3.